The van der Waals surface area contributed by atoms with Gasteiger partial charge in [0.25, 0.3) is 5.91 Å². The molecule has 108 valence electrons. The summed E-state index contributed by atoms with van der Waals surface area (Å²) in [6, 6.07) is 1.75. The number of nitrogen functional groups attached to an aromatic ring is 1. The summed E-state index contributed by atoms with van der Waals surface area (Å²) in [6.07, 6.45) is 2.18. The second-order valence-electron chi connectivity index (χ2n) is 5.42. The lowest BCUT2D eigenvalue weighted by Crippen LogP contribution is -2.34. The molecular weight excluding hydrogens is 276 g/mol. The minimum Gasteiger partial charge on any atom is -0.397 e. The number of aliphatic hydroxyl groups is 1. The highest BCUT2D eigenvalue weighted by Gasteiger charge is 2.21. The number of carbonyl (C=O) groups is 1. The van der Waals surface area contributed by atoms with Gasteiger partial charge < -0.3 is 16.2 Å². The Kier molecular flexibility index (Phi) is 4.20. The van der Waals surface area contributed by atoms with Gasteiger partial charge in [0.15, 0.2) is 0 Å². The van der Waals surface area contributed by atoms with Gasteiger partial charge in [-0.2, -0.15) is 5.10 Å². The van der Waals surface area contributed by atoms with Crippen molar-refractivity contribution in [2.75, 3.05) is 18.9 Å². The summed E-state index contributed by atoms with van der Waals surface area (Å²) in [6.45, 7) is 4.56. The van der Waals surface area contributed by atoms with Crippen LogP contribution in [0.2, 0.25) is 0 Å². The highest BCUT2D eigenvalue weighted by atomic mass is 32.1. The zero-order chi connectivity index (χ0) is 14.8. The van der Waals surface area contributed by atoms with Gasteiger partial charge in [0.1, 0.15) is 9.71 Å². The van der Waals surface area contributed by atoms with Gasteiger partial charge in [0, 0.05) is 18.5 Å². The molecule has 0 spiro atoms. The molecule has 4 N–H and O–H groups in total. The average molecular weight is 294 g/mol. The monoisotopic (exact) mass is 294 g/mol. The quantitative estimate of drug-likeness (QED) is 0.774. The predicted molar refractivity (Wildman–Crippen MR) is 79.6 cm³/mol. The van der Waals surface area contributed by atoms with Crippen LogP contribution in [-0.4, -0.2) is 34.4 Å². The Morgan fingerprint density at radius 2 is 2.30 bits per heavy atom. The molecule has 2 rings (SSSR count). The third-order valence-corrected chi connectivity index (χ3v) is 4.25. The molecule has 2 aromatic rings. The SMILES string of the molecule is CC(C)(CCO)CNC(=O)c1sc2nnccc2c1N. The predicted octanol–water partition coefficient (Wildman–Crippen LogP) is 1.41. The summed E-state index contributed by atoms with van der Waals surface area (Å²) in [5.74, 6) is -0.212. The number of thiophene rings is 1. The number of carbonyl (C=O) groups excluding carboxylic acids is 1. The van der Waals surface area contributed by atoms with Crippen LogP contribution in [0.4, 0.5) is 5.69 Å². The standard InChI is InChI=1S/C13H18N4O2S/c1-13(2,4-6-18)7-15-11(19)10-9(14)8-3-5-16-17-12(8)20-10/h3,5,18H,4,6-7,14H2,1-2H3,(H,15,19). The number of fused-ring (bicyclic) bond motifs is 1. The Morgan fingerprint density at radius 1 is 1.55 bits per heavy atom. The van der Waals surface area contributed by atoms with Crippen LogP contribution in [0.15, 0.2) is 12.3 Å². The number of hydrogen-bond donors (Lipinski definition) is 3. The van der Waals surface area contributed by atoms with Crippen LogP contribution < -0.4 is 11.1 Å². The van der Waals surface area contributed by atoms with Crippen LogP contribution in [0.25, 0.3) is 10.2 Å². The molecule has 6 nitrogen and oxygen atoms in total. The van der Waals surface area contributed by atoms with E-state index in [0.29, 0.717) is 28.4 Å². The molecule has 2 heterocycles. The smallest absolute Gasteiger partial charge is 0.263 e. The molecule has 0 unspecified atom stereocenters. The fourth-order valence-electron chi connectivity index (χ4n) is 1.83. The van der Waals surface area contributed by atoms with E-state index in [1.165, 1.54) is 11.3 Å². The number of nitrogens with two attached hydrogens (primary N) is 1. The molecule has 0 aliphatic heterocycles. The van der Waals surface area contributed by atoms with E-state index >= 15 is 0 Å². The van der Waals surface area contributed by atoms with Crippen molar-refractivity contribution in [3.63, 3.8) is 0 Å². The van der Waals surface area contributed by atoms with Crippen LogP contribution >= 0.6 is 11.3 Å². The van der Waals surface area contributed by atoms with Gasteiger partial charge in [-0.3, -0.25) is 4.79 Å². The number of rotatable bonds is 5. The Balaban J connectivity index is 2.14. The molecule has 0 aromatic carbocycles. The first-order valence-corrected chi connectivity index (χ1v) is 7.15. The van der Waals surface area contributed by atoms with Gasteiger partial charge in [0.2, 0.25) is 0 Å². The number of nitrogens with zero attached hydrogens (tertiary/aromatic N) is 2. The van der Waals surface area contributed by atoms with Crippen molar-refractivity contribution in [2.24, 2.45) is 5.41 Å². The maximum atomic E-state index is 12.2. The topological polar surface area (TPSA) is 101 Å². The second-order valence-corrected chi connectivity index (χ2v) is 6.41. The third kappa shape index (κ3) is 3.05. The minimum atomic E-state index is -0.212. The number of hydrogen-bond acceptors (Lipinski definition) is 6. The molecule has 0 saturated carbocycles. The molecule has 0 bridgehead atoms. The van der Waals surface area contributed by atoms with Crippen molar-refractivity contribution in [1.82, 2.24) is 15.5 Å². The molecule has 0 saturated heterocycles. The average Bonchev–Trinajstić information content (AvgIpc) is 2.74. The summed E-state index contributed by atoms with van der Waals surface area (Å²) >= 11 is 1.24. The zero-order valence-electron chi connectivity index (χ0n) is 11.5. The van der Waals surface area contributed by atoms with E-state index in [1.54, 1.807) is 12.3 Å². The van der Waals surface area contributed by atoms with E-state index in [1.807, 2.05) is 13.8 Å². The van der Waals surface area contributed by atoms with Crippen molar-refractivity contribution in [3.8, 4) is 0 Å². The molecule has 7 heteroatoms. The highest BCUT2D eigenvalue weighted by molar-refractivity contribution is 7.21. The fourth-order valence-corrected chi connectivity index (χ4v) is 2.79. The van der Waals surface area contributed by atoms with Crippen molar-refractivity contribution in [2.45, 2.75) is 20.3 Å². The van der Waals surface area contributed by atoms with Gasteiger partial charge in [-0.15, -0.1) is 16.4 Å². The summed E-state index contributed by atoms with van der Waals surface area (Å²) in [5.41, 5.74) is 6.26. The van der Waals surface area contributed by atoms with Gasteiger partial charge >= 0.3 is 0 Å². The van der Waals surface area contributed by atoms with Gasteiger partial charge in [-0.1, -0.05) is 13.8 Å². The van der Waals surface area contributed by atoms with E-state index in [9.17, 15) is 4.79 Å². The van der Waals surface area contributed by atoms with Crippen molar-refractivity contribution in [1.29, 1.82) is 0 Å². The maximum absolute atomic E-state index is 12.2. The maximum Gasteiger partial charge on any atom is 0.263 e. The van der Waals surface area contributed by atoms with E-state index in [4.69, 9.17) is 10.8 Å². The summed E-state index contributed by atoms with van der Waals surface area (Å²) in [7, 11) is 0. The Hall–Kier alpha value is -1.73. The van der Waals surface area contributed by atoms with Crippen LogP contribution in [0.1, 0.15) is 29.9 Å². The van der Waals surface area contributed by atoms with Crippen LogP contribution in [0, 0.1) is 5.41 Å². The lowest BCUT2D eigenvalue weighted by atomic mass is 9.90. The number of amides is 1. The van der Waals surface area contributed by atoms with E-state index in [2.05, 4.69) is 15.5 Å². The molecule has 0 radical (unpaired) electrons. The van der Waals surface area contributed by atoms with Crippen molar-refractivity contribution in [3.05, 3.63) is 17.1 Å². The first kappa shape index (κ1) is 14.7. The Morgan fingerprint density at radius 3 is 2.95 bits per heavy atom. The van der Waals surface area contributed by atoms with E-state index in [-0.39, 0.29) is 17.9 Å². The molecule has 20 heavy (non-hydrogen) atoms. The molecule has 1 amide bonds. The summed E-state index contributed by atoms with van der Waals surface area (Å²) < 4.78 is 0. The van der Waals surface area contributed by atoms with Crippen molar-refractivity contribution < 1.29 is 9.90 Å². The lowest BCUT2D eigenvalue weighted by Gasteiger charge is -2.23. The van der Waals surface area contributed by atoms with Gasteiger partial charge in [-0.25, -0.2) is 0 Å². The minimum absolute atomic E-state index is 0.101. The van der Waals surface area contributed by atoms with Crippen LogP contribution in [-0.2, 0) is 0 Å². The lowest BCUT2D eigenvalue weighted by molar-refractivity contribution is 0.0933. The van der Waals surface area contributed by atoms with Crippen LogP contribution in [0.3, 0.4) is 0 Å². The summed E-state index contributed by atoms with van der Waals surface area (Å²) in [4.78, 5) is 13.3. The number of anilines is 1. The largest absolute Gasteiger partial charge is 0.397 e. The van der Waals surface area contributed by atoms with E-state index in [0.717, 1.165) is 5.39 Å². The second kappa shape index (κ2) is 5.72. The molecule has 2 aromatic heterocycles. The highest BCUT2D eigenvalue weighted by Crippen LogP contribution is 2.31. The van der Waals surface area contributed by atoms with Crippen LogP contribution in [0.5, 0.6) is 0 Å². The zero-order valence-corrected chi connectivity index (χ0v) is 12.3. The molecular formula is C13H18N4O2S. The van der Waals surface area contributed by atoms with Gasteiger partial charge in [0.05, 0.1) is 11.9 Å². The van der Waals surface area contributed by atoms with Crippen molar-refractivity contribution >= 4 is 33.1 Å². The molecule has 0 aliphatic carbocycles. The molecule has 0 fully saturated rings. The number of nitrogens with one attached hydrogen (secondary N) is 1. The third-order valence-electron chi connectivity index (χ3n) is 3.14. The molecule has 0 aliphatic rings. The van der Waals surface area contributed by atoms with E-state index < -0.39 is 0 Å². The molecule has 0 atom stereocenters. The number of aliphatic hydroxyl groups excluding tert-OH is 1. The van der Waals surface area contributed by atoms with Gasteiger partial charge in [-0.05, 0) is 17.9 Å². The first-order chi connectivity index (χ1) is 9.44. The Labute approximate surface area is 121 Å². The first-order valence-electron chi connectivity index (χ1n) is 6.33. The summed E-state index contributed by atoms with van der Waals surface area (Å²) in [5, 5.41) is 20.3. The number of aromatic nitrogens is 2. The fraction of sp³-hybridized carbons (Fsp3) is 0.462. The Bertz CT molecular complexity index is 624. The normalized spacial score (nSPS) is 11.8.